The first-order valence-electron chi connectivity index (χ1n) is 8.66. The monoisotopic (exact) mass is 407 g/mol. The van der Waals surface area contributed by atoms with Gasteiger partial charge in [0.05, 0.1) is 35.4 Å². The van der Waals surface area contributed by atoms with Crippen molar-refractivity contribution >= 4 is 28.9 Å². The number of hydrogen-bond donors (Lipinski definition) is 2. The lowest BCUT2D eigenvalue weighted by Gasteiger charge is -2.12. The Kier molecular flexibility index (Phi) is 4.96. The molecule has 9 heteroatoms. The average molecular weight is 407 g/mol. The molecule has 1 aromatic carbocycles. The lowest BCUT2D eigenvalue weighted by Crippen LogP contribution is -2.06. The van der Waals surface area contributed by atoms with Crippen molar-refractivity contribution in [3.05, 3.63) is 65.7 Å². The summed E-state index contributed by atoms with van der Waals surface area (Å²) in [4.78, 5) is 25.2. The second-order valence-corrected chi connectivity index (χ2v) is 7.13. The molecule has 0 fully saturated rings. The van der Waals surface area contributed by atoms with Gasteiger partial charge in [-0.15, -0.1) is 11.3 Å². The summed E-state index contributed by atoms with van der Waals surface area (Å²) in [6, 6.07) is 10.7. The molecule has 0 saturated carbocycles. The van der Waals surface area contributed by atoms with Crippen LogP contribution >= 0.6 is 11.3 Å². The topological polar surface area (TPSA) is 102 Å². The number of aromatic carboxylic acids is 1. The molecular formula is C20H17N5O3S. The van der Waals surface area contributed by atoms with Crippen LogP contribution in [-0.4, -0.2) is 37.7 Å². The molecule has 146 valence electrons. The smallest absolute Gasteiger partial charge is 0.354 e. The number of thiophene rings is 1. The highest BCUT2D eigenvalue weighted by Gasteiger charge is 2.14. The minimum Gasteiger partial charge on any atom is -0.494 e. The van der Waals surface area contributed by atoms with Gasteiger partial charge in [-0.25, -0.2) is 19.7 Å². The van der Waals surface area contributed by atoms with E-state index in [4.69, 9.17) is 4.74 Å². The average Bonchev–Trinajstić information content (AvgIpc) is 3.39. The molecule has 0 amide bonds. The Morgan fingerprint density at radius 2 is 2.10 bits per heavy atom. The summed E-state index contributed by atoms with van der Waals surface area (Å²) < 4.78 is 7.38. The fourth-order valence-electron chi connectivity index (χ4n) is 2.81. The lowest BCUT2D eigenvalue weighted by molar-refractivity contribution is 0.0690. The van der Waals surface area contributed by atoms with Crippen molar-refractivity contribution in [1.82, 2.24) is 19.5 Å². The van der Waals surface area contributed by atoms with Crippen LogP contribution in [0.25, 0.3) is 16.3 Å². The molecule has 0 aliphatic heterocycles. The minimum absolute atomic E-state index is 0.0802. The second-order valence-electron chi connectivity index (χ2n) is 6.18. The van der Waals surface area contributed by atoms with Crippen LogP contribution in [0.15, 0.2) is 54.3 Å². The molecule has 4 aromatic rings. The van der Waals surface area contributed by atoms with Gasteiger partial charge in [0, 0.05) is 18.0 Å². The van der Waals surface area contributed by atoms with Crippen LogP contribution in [0.1, 0.15) is 16.2 Å². The quantitative estimate of drug-likeness (QED) is 0.495. The molecule has 3 aromatic heterocycles. The third-order valence-electron chi connectivity index (χ3n) is 4.14. The molecule has 4 rings (SSSR count). The summed E-state index contributed by atoms with van der Waals surface area (Å²) in [5, 5.41) is 14.4. The van der Waals surface area contributed by atoms with Gasteiger partial charge in [0.2, 0.25) is 5.95 Å². The zero-order valence-corrected chi connectivity index (χ0v) is 16.5. The molecule has 0 spiro atoms. The summed E-state index contributed by atoms with van der Waals surface area (Å²) in [5.41, 5.74) is 2.87. The van der Waals surface area contributed by atoms with Crippen LogP contribution in [0.5, 0.6) is 5.75 Å². The van der Waals surface area contributed by atoms with Crippen LogP contribution < -0.4 is 10.1 Å². The number of anilines is 2. The number of nitrogens with zero attached hydrogens (tertiary/aromatic N) is 4. The Morgan fingerprint density at radius 1 is 1.24 bits per heavy atom. The van der Waals surface area contributed by atoms with Gasteiger partial charge in [-0.2, -0.15) is 0 Å². The Hall–Kier alpha value is -3.72. The number of carboxylic acids is 1. The summed E-state index contributed by atoms with van der Waals surface area (Å²) in [6.45, 7) is 1.91. The van der Waals surface area contributed by atoms with Crippen molar-refractivity contribution < 1.29 is 14.6 Å². The van der Waals surface area contributed by atoms with Gasteiger partial charge >= 0.3 is 5.97 Å². The van der Waals surface area contributed by atoms with Crippen molar-refractivity contribution in [2.45, 2.75) is 6.92 Å². The Balaban J connectivity index is 1.69. The molecule has 0 saturated heterocycles. The number of nitrogens with one attached hydrogen (secondary N) is 1. The molecule has 3 heterocycles. The van der Waals surface area contributed by atoms with Crippen molar-refractivity contribution in [3.63, 3.8) is 0 Å². The minimum atomic E-state index is -1.11. The Labute approximate surface area is 170 Å². The number of imidazole rings is 1. The predicted molar refractivity (Wildman–Crippen MR) is 110 cm³/mol. The van der Waals surface area contributed by atoms with Crippen molar-refractivity contribution in [3.8, 4) is 22.0 Å². The van der Waals surface area contributed by atoms with E-state index in [0.29, 0.717) is 17.1 Å². The van der Waals surface area contributed by atoms with E-state index >= 15 is 0 Å². The molecule has 0 atom stereocenters. The van der Waals surface area contributed by atoms with Crippen LogP contribution in [-0.2, 0) is 0 Å². The molecular weight excluding hydrogens is 390 g/mol. The molecule has 2 N–H and O–H groups in total. The standard InChI is InChI=1S/C20H17N5O3S/c1-12-10-25(11-21-12)16-6-5-13(8-17(16)28-2)22-20-23-14(18-4-3-7-29-18)9-15(24-20)19(26)27/h3-11H,1-2H3,(H,26,27)(H,22,23,24). The summed E-state index contributed by atoms with van der Waals surface area (Å²) in [7, 11) is 1.59. The first-order valence-corrected chi connectivity index (χ1v) is 9.54. The SMILES string of the molecule is COc1cc(Nc2nc(C(=O)O)cc(-c3cccs3)n2)ccc1-n1cnc(C)c1. The number of aromatic nitrogens is 4. The zero-order valence-electron chi connectivity index (χ0n) is 15.7. The van der Waals surface area contributed by atoms with Crippen LogP contribution in [0, 0.1) is 6.92 Å². The van der Waals surface area contributed by atoms with Gasteiger partial charge in [0.15, 0.2) is 5.69 Å². The van der Waals surface area contributed by atoms with E-state index in [1.165, 1.54) is 17.4 Å². The molecule has 0 radical (unpaired) electrons. The van der Waals surface area contributed by atoms with E-state index in [2.05, 4.69) is 20.3 Å². The largest absolute Gasteiger partial charge is 0.494 e. The maximum Gasteiger partial charge on any atom is 0.354 e. The van der Waals surface area contributed by atoms with Gasteiger partial charge in [0.1, 0.15) is 5.75 Å². The lowest BCUT2D eigenvalue weighted by atomic mass is 10.2. The van der Waals surface area contributed by atoms with Crippen LogP contribution in [0.4, 0.5) is 11.6 Å². The van der Waals surface area contributed by atoms with Crippen molar-refractivity contribution in [1.29, 1.82) is 0 Å². The number of methoxy groups -OCH3 is 1. The van der Waals surface area contributed by atoms with Gasteiger partial charge < -0.3 is 19.7 Å². The highest BCUT2D eigenvalue weighted by Crippen LogP contribution is 2.29. The van der Waals surface area contributed by atoms with Crippen LogP contribution in [0.2, 0.25) is 0 Å². The fourth-order valence-corrected chi connectivity index (χ4v) is 3.50. The maximum absolute atomic E-state index is 11.5. The second kappa shape index (κ2) is 7.72. The van der Waals surface area contributed by atoms with E-state index in [1.807, 2.05) is 47.3 Å². The molecule has 8 nitrogen and oxygen atoms in total. The van der Waals surface area contributed by atoms with Gasteiger partial charge in [-0.3, -0.25) is 0 Å². The third kappa shape index (κ3) is 3.94. The highest BCUT2D eigenvalue weighted by atomic mass is 32.1. The highest BCUT2D eigenvalue weighted by molar-refractivity contribution is 7.13. The first-order chi connectivity index (χ1) is 14.0. The van der Waals surface area contributed by atoms with E-state index in [9.17, 15) is 9.90 Å². The molecule has 0 aliphatic carbocycles. The van der Waals surface area contributed by atoms with Gasteiger partial charge in [-0.1, -0.05) is 6.07 Å². The Bertz CT molecular complexity index is 1170. The fraction of sp³-hybridized carbons (Fsp3) is 0.100. The predicted octanol–water partition coefficient (Wildman–Crippen LogP) is 4.15. The third-order valence-corrected chi connectivity index (χ3v) is 5.04. The normalized spacial score (nSPS) is 10.7. The van der Waals surface area contributed by atoms with Gasteiger partial charge in [0.25, 0.3) is 0 Å². The van der Waals surface area contributed by atoms with Crippen molar-refractivity contribution in [2.24, 2.45) is 0 Å². The molecule has 0 aliphatic rings. The summed E-state index contributed by atoms with van der Waals surface area (Å²) in [5.74, 6) is -0.293. The van der Waals surface area contributed by atoms with E-state index in [0.717, 1.165) is 16.3 Å². The number of ether oxygens (including phenoxy) is 1. The number of benzene rings is 1. The number of hydrogen-bond acceptors (Lipinski definition) is 7. The van der Waals surface area contributed by atoms with E-state index < -0.39 is 5.97 Å². The number of carbonyl (C=O) groups is 1. The first kappa shape index (κ1) is 18.6. The Morgan fingerprint density at radius 3 is 2.76 bits per heavy atom. The van der Waals surface area contributed by atoms with E-state index in [-0.39, 0.29) is 11.6 Å². The van der Waals surface area contributed by atoms with E-state index in [1.54, 1.807) is 19.5 Å². The summed E-state index contributed by atoms with van der Waals surface area (Å²) in [6.07, 6.45) is 3.62. The molecule has 0 unspecified atom stereocenters. The number of carboxylic acid groups (broad SMARTS) is 1. The molecule has 0 bridgehead atoms. The maximum atomic E-state index is 11.5. The molecule has 29 heavy (non-hydrogen) atoms. The summed E-state index contributed by atoms with van der Waals surface area (Å²) >= 11 is 1.48. The van der Waals surface area contributed by atoms with Gasteiger partial charge in [-0.05, 0) is 36.6 Å². The van der Waals surface area contributed by atoms with Crippen LogP contribution in [0.3, 0.4) is 0 Å². The zero-order chi connectivity index (χ0) is 20.4. The number of aryl methyl sites for hydroxylation is 1. The van der Waals surface area contributed by atoms with Crippen molar-refractivity contribution in [2.75, 3.05) is 12.4 Å². The number of rotatable bonds is 6.